The van der Waals surface area contributed by atoms with Crippen molar-refractivity contribution in [2.24, 2.45) is 0 Å². The predicted octanol–water partition coefficient (Wildman–Crippen LogP) is 3.43. The molecule has 0 aliphatic rings. The summed E-state index contributed by atoms with van der Waals surface area (Å²) < 4.78 is 4.98. The number of ether oxygens (including phenoxy) is 1. The summed E-state index contributed by atoms with van der Waals surface area (Å²) in [6.07, 6.45) is 0. The Hall–Kier alpha value is -1.79. The molecule has 0 saturated heterocycles. The van der Waals surface area contributed by atoms with Gasteiger partial charge in [0.25, 0.3) is 0 Å². The molecule has 0 aromatic carbocycles. The van der Waals surface area contributed by atoms with Gasteiger partial charge in [0.1, 0.15) is 15.7 Å². The van der Waals surface area contributed by atoms with E-state index in [2.05, 4.69) is 20.2 Å². The maximum atomic E-state index is 6.27. The van der Waals surface area contributed by atoms with Gasteiger partial charge in [-0.15, -0.1) is 21.5 Å². The highest BCUT2D eigenvalue weighted by atomic mass is 35.5. The van der Waals surface area contributed by atoms with Crippen molar-refractivity contribution in [3.05, 3.63) is 27.7 Å². The van der Waals surface area contributed by atoms with Gasteiger partial charge in [0.05, 0.1) is 12.5 Å². The highest BCUT2D eigenvalue weighted by Crippen LogP contribution is 2.34. The van der Waals surface area contributed by atoms with Gasteiger partial charge in [0.2, 0.25) is 5.88 Å². The molecule has 0 radical (unpaired) electrons. The fourth-order valence-corrected chi connectivity index (χ4v) is 3.26. The lowest BCUT2D eigenvalue weighted by Crippen LogP contribution is -1.96. The Kier molecular flexibility index (Phi) is 3.27. The third-order valence-electron chi connectivity index (χ3n) is 3.06. The van der Waals surface area contributed by atoms with E-state index in [1.165, 1.54) is 4.88 Å². The molecule has 0 unspecified atom stereocenters. The number of thiophene rings is 1. The number of halogens is 1. The van der Waals surface area contributed by atoms with E-state index in [9.17, 15) is 0 Å². The van der Waals surface area contributed by atoms with Crippen LogP contribution in [0.1, 0.15) is 10.4 Å². The lowest BCUT2D eigenvalue weighted by molar-refractivity contribution is 0.392. The smallest absolute Gasteiger partial charge is 0.233 e. The number of nitrogens with zero attached hydrogens (tertiary/aromatic N) is 4. The van der Waals surface area contributed by atoms with Gasteiger partial charge < -0.3 is 4.74 Å². The summed E-state index contributed by atoms with van der Waals surface area (Å²) in [5, 5.41) is 9.32. The summed E-state index contributed by atoms with van der Waals surface area (Å²) in [5.74, 6) is 0.919. The molecule has 0 aliphatic heterocycles. The normalized spacial score (nSPS) is 11.0. The van der Waals surface area contributed by atoms with Crippen LogP contribution in [0.3, 0.4) is 0 Å². The maximum absolute atomic E-state index is 6.27. The average molecular weight is 307 g/mol. The van der Waals surface area contributed by atoms with E-state index in [0.717, 1.165) is 15.8 Å². The number of rotatable bonds is 2. The molecule has 0 fully saturated rings. The molecule has 102 valence electrons. The molecule has 3 heterocycles. The fraction of sp³-hybridized carbons (Fsp3) is 0.231. The van der Waals surface area contributed by atoms with Crippen molar-refractivity contribution < 1.29 is 4.74 Å². The number of aryl methyl sites for hydroxylation is 2. The summed E-state index contributed by atoms with van der Waals surface area (Å²) >= 11 is 7.87. The van der Waals surface area contributed by atoms with Crippen molar-refractivity contribution in [2.75, 3.05) is 7.11 Å². The molecule has 0 saturated carbocycles. The van der Waals surface area contributed by atoms with Crippen LogP contribution in [0.4, 0.5) is 0 Å². The molecule has 0 aliphatic carbocycles. The second kappa shape index (κ2) is 4.96. The molecule has 0 atom stereocenters. The minimum Gasteiger partial charge on any atom is -0.480 e. The number of aromatic nitrogens is 4. The van der Waals surface area contributed by atoms with Crippen molar-refractivity contribution in [1.82, 2.24) is 20.2 Å². The fourth-order valence-electron chi connectivity index (χ4n) is 1.86. The lowest BCUT2D eigenvalue weighted by atomic mass is 10.2. The van der Waals surface area contributed by atoms with Gasteiger partial charge >= 0.3 is 0 Å². The minimum absolute atomic E-state index is 0.448. The molecular formula is C13H11ClN4OS. The first-order valence-corrected chi connectivity index (χ1v) is 7.11. The quantitative estimate of drug-likeness (QED) is 0.679. The van der Waals surface area contributed by atoms with Crippen LogP contribution in [-0.4, -0.2) is 27.3 Å². The standard InChI is InChI=1S/C13H11ClN4OS/c1-6-7(2)20-13-10(6)11(14)15-12(16-13)8-4-5-9(19-3)18-17-8/h4-5H,1-3H3. The number of hydrogen-bond donors (Lipinski definition) is 0. The second-order valence-electron chi connectivity index (χ2n) is 4.26. The summed E-state index contributed by atoms with van der Waals surface area (Å²) in [5.41, 5.74) is 1.70. The van der Waals surface area contributed by atoms with Crippen LogP contribution in [0.5, 0.6) is 5.88 Å². The predicted molar refractivity (Wildman–Crippen MR) is 79.5 cm³/mol. The number of hydrogen-bond acceptors (Lipinski definition) is 6. The molecule has 0 bridgehead atoms. The Labute approximate surface area is 124 Å². The van der Waals surface area contributed by atoms with E-state index < -0.39 is 0 Å². The van der Waals surface area contributed by atoms with Crippen molar-refractivity contribution in [1.29, 1.82) is 0 Å². The monoisotopic (exact) mass is 306 g/mol. The first-order chi connectivity index (χ1) is 9.60. The SMILES string of the molecule is COc1ccc(-c2nc(Cl)c3c(C)c(C)sc3n2)nn1. The largest absolute Gasteiger partial charge is 0.480 e. The maximum Gasteiger partial charge on any atom is 0.233 e. The number of fused-ring (bicyclic) bond motifs is 1. The van der Waals surface area contributed by atoms with Crippen LogP contribution in [-0.2, 0) is 0 Å². The van der Waals surface area contributed by atoms with Crippen molar-refractivity contribution in [2.45, 2.75) is 13.8 Å². The second-order valence-corrected chi connectivity index (χ2v) is 5.82. The Bertz CT molecular complexity index is 785. The molecule has 7 heteroatoms. The number of methoxy groups -OCH3 is 1. The Balaban J connectivity index is 2.16. The Morgan fingerprint density at radius 1 is 1.15 bits per heavy atom. The average Bonchev–Trinajstić information content (AvgIpc) is 2.74. The van der Waals surface area contributed by atoms with Crippen molar-refractivity contribution >= 4 is 33.2 Å². The highest BCUT2D eigenvalue weighted by Gasteiger charge is 2.15. The molecule has 0 spiro atoms. The van der Waals surface area contributed by atoms with Gasteiger partial charge in [-0.25, -0.2) is 9.97 Å². The first kappa shape index (κ1) is 13.2. The van der Waals surface area contributed by atoms with Crippen molar-refractivity contribution in [3.8, 4) is 17.4 Å². The van der Waals surface area contributed by atoms with Gasteiger partial charge in [-0.1, -0.05) is 11.6 Å². The van der Waals surface area contributed by atoms with Gasteiger partial charge in [0.15, 0.2) is 5.82 Å². The van der Waals surface area contributed by atoms with Crippen LogP contribution >= 0.6 is 22.9 Å². The van der Waals surface area contributed by atoms with Gasteiger partial charge in [-0.2, -0.15) is 0 Å². The Morgan fingerprint density at radius 3 is 2.60 bits per heavy atom. The zero-order valence-electron chi connectivity index (χ0n) is 11.1. The molecule has 3 aromatic heterocycles. The molecule has 5 nitrogen and oxygen atoms in total. The Morgan fingerprint density at radius 2 is 1.95 bits per heavy atom. The van der Waals surface area contributed by atoms with E-state index >= 15 is 0 Å². The van der Waals surface area contributed by atoms with Crippen LogP contribution in [0.25, 0.3) is 21.7 Å². The molecule has 0 N–H and O–H groups in total. The first-order valence-electron chi connectivity index (χ1n) is 5.91. The van der Waals surface area contributed by atoms with Gasteiger partial charge in [-0.3, -0.25) is 0 Å². The van der Waals surface area contributed by atoms with E-state index in [-0.39, 0.29) is 0 Å². The lowest BCUT2D eigenvalue weighted by Gasteiger charge is -2.02. The summed E-state index contributed by atoms with van der Waals surface area (Å²) in [6, 6.07) is 3.48. The molecule has 3 aromatic rings. The van der Waals surface area contributed by atoms with Crippen LogP contribution in [0.2, 0.25) is 5.15 Å². The van der Waals surface area contributed by atoms with E-state index in [0.29, 0.717) is 22.6 Å². The van der Waals surface area contributed by atoms with Gasteiger partial charge in [0, 0.05) is 10.9 Å². The zero-order chi connectivity index (χ0) is 14.3. The third kappa shape index (κ3) is 2.10. The van der Waals surface area contributed by atoms with Crippen molar-refractivity contribution in [3.63, 3.8) is 0 Å². The van der Waals surface area contributed by atoms with Crippen LogP contribution < -0.4 is 4.74 Å². The summed E-state index contributed by atoms with van der Waals surface area (Å²) in [4.78, 5) is 10.9. The minimum atomic E-state index is 0.448. The van der Waals surface area contributed by atoms with Gasteiger partial charge in [-0.05, 0) is 25.5 Å². The van der Waals surface area contributed by atoms with E-state index in [1.807, 2.05) is 13.8 Å². The molecule has 20 heavy (non-hydrogen) atoms. The topological polar surface area (TPSA) is 60.8 Å². The summed E-state index contributed by atoms with van der Waals surface area (Å²) in [6.45, 7) is 4.07. The van der Waals surface area contributed by atoms with E-state index in [4.69, 9.17) is 16.3 Å². The molecule has 3 rings (SSSR count). The molecule has 0 amide bonds. The highest BCUT2D eigenvalue weighted by molar-refractivity contribution is 7.18. The van der Waals surface area contributed by atoms with E-state index in [1.54, 1.807) is 30.6 Å². The zero-order valence-corrected chi connectivity index (χ0v) is 12.7. The van der Waals surface area contributed by atoms with Crippen LogP contribution in [0.15, 0.2) is 12.1 Å². The summed E-state index contributed by atoms with van der Waals surface area (Å²) in [7, 11) is 1.54. The molecular weight excluding hydrogens is 296 g/mol. The third-order valence-corrected chi connectivity index (χ3v) is 4.44. The van der Waals surface area contributed by atoms with Crippen LogP contribution in [0, 0.1) is 13.8 Å².